The van der Waals surface area contributed by atoms with Crippen LogP contribution in [0.5, 0.6) is 0 Å². The summed E-state index contributed by atoms with van der Waals surface area (Å²) in [6.07, 6.45) is 4.01. The van der Waals surface area contributed by atoms with Gasteiger partial charge in [-0.05, 0) is 24.6 Å². The van der Waals surface area contributed by atoms with Crippen LogP contribution in [0.2, 0.25) is 0 Å². The number of nitrogens with one attached hydrogen (secondary N) is 1. The normalized spacial score (nSPS) is 18.6. The maximum Gasteiger partial charge on any atom is 0.225 e. The number of hydrogen-bond acceptors (Lipinski definition) is 4. The van der Waals surface area contributed by atoms with Crippen LogP contribution >= 0.6 is 0 Å². The molecular weight excluding hydrogens is 246 g/mol. The lowest BCUT2D eigenvalue weighted by Gasteiger charge is -2.07. The standard InChI is InChI=1S/C14H15NO4/c16-14(11-4-6-18-9-11)15-7-12-1-2-13(19-12)10-3-5-17-8-10/h1-3,5,8,11H,4,6-7,9H2,(H,15,16)/t11-/m1/s1. The van der Waals surface area contributed by atoms with Gasteiger partial charge in [0, 0.05) is 6.61 Å². The van der Waals surface area contributed by atoms with Gasteiger partial charge in [-0.2, -0.15) is 0 Å². The zero-order valence-electron chi connectivity index (χ0n) is 10.4. The van der Waals surface area contributed by atoms with Crippen LogP contribution in [0.3, 0.4) is 0 Å². The van der Waals surface area contributed by atoms with Crippen LogP contribution in [0.25, 0.3) is 11.3 Å². The van der Waals surface area contributed by atoms with Crippen molar-refractivity contribution in [2.75, 3.05) is 13.2 Å². The van der Waals surface area contributed by atoms with E-state index in [0.29, 0.717) is 19.8 Å². The lowest BCUT2D eigenvalue weighted by atomic mass is 10.1. The van der Waals surface area contributed by atoms with Gasteiger partial charge in [0.2, 0.25) is 5.91 Å². The smallest absolute Gasteiger partial charge is 0.225 e. The molecule has 2 aromatic rings. The number of amides is 1. The Hall–Kier alpha value is -2.01. The quantitative estimate of drug-likeness (QED) is 0.916. The molecule has 1 fully saturated rings. The molecule has 0 aromatic carbocycles. The summed E-state index contributed by atoms with van der Waals surface area (Å²) < 4.78 is 15.8. The topological polar surface area (TPSA) is 64.6 Å². The summed E-state index contributed by atoms with van der Waals surface area (Å²) in [5, 5.41) is 2.86. The molecule has 3 rings (SSSR count). The van der Waals surface area contributed by atoms with E-state index in [2.05, 4.69) is 5.32 Å². The molecule has 0 radical (unpaired) electrons. The largest absolute Gasteiger partial charge is 0.472 e. The molecule has 0 saturated carbocycles. The minimum absolute atomic E-state index is 0.0247. The Morgan fingerprint density at radius 1 is 1.37 bits per heavy atom. The van der Waals surface area contributed by atoms with Gasteiger partial charge in [0.25, 0.3) is 0 Å². The van der Waals surface area contributed by atoms with E-state index >= 15 is 0 Å². The summed E-state index contributed by atoms with van der Waals surface area (Å²) in [4.78, 5) is 11.8. The summed E-state index contributed by atoms with van der Waals surface area (Å²) in [6.45, 7) is 1.58. The van der Waals surface area contributed by atoms with Crippen molar-refractivity contribution in [3.05, 3.63) is 36.5 Å². The lowest BCUT2D eigenvalue weighted by Crippen LogP contribution is -2.30. The van der Waals surface area contributed by atoms with Gasteiger partial charge in [-0.25, -0.2) is 0 Å². The van der Waals surface area contributed by atoms with E-state index in [-0.39, 0.29) is 11.8 Å². The van der Waals surface area contributed by atoms with Crippen LogP contribution in [0, 0.1) is 5.92 Å². The second kappa shape index (κ2) is 5.32. The highest BCUT2D eigenvalue weighted by molar-refractivity contribution is 5.78. The van der Waals surface area contributed by atoms with Crippen molar-refractivity contribution in [1.29, 1.82) is 0 Å². The minimum atomic E-state index is -0.0247. The summed E-state index contributed by atoms with van der Waals surface area (Å²) in [5.74, 6) is 1.47. The van der Waals surface area contributed by atoms with Gasteiger partial charge < -0.3 is 18.9 Å². The van der Waals surface area contributed by atoms with Crippen molar-refractivity contribution in [3.63, 3.8) is 0 Å². The highest BCUT2D eigenvalue weighted by Crippen LogP contribution is 2.22. The Bertz CT molecular complexity index is 538. The number of hydrogen-bond donors (Lipinski definition) is 1. The molecule has 0 unspecified atom stereocenters. The van der Waals surface area contributed by atoms with Crippen molar-refractivity contribution in [3.8, 4) is 11.3 Å². The molecule has 1 aliphatic heterocycles. The SMILES string of the molecule is O=C(NCc1ccc(-c2ccoc2)o1)[C@@H]1CCOC1. The Kier molecular flexibility index (Phi) is 3.37. The monoisotopic (exact) mass is 261 g/mol. The molecular formula is C14H15NO4. The minimum Gasteiger partial charge on any atom is -0.472 e. The number of ether oxygens (including phenoxy) is 1. The summed E-state index contributed by atoms with van der Waals surface area (Å²) in [7, 11) is 0. The Morgan fingerprint density at radius 2 is 2.32 bits per heavy atom. The molecule has 3 heterocycles. The van der Waals surface area contributed by atoms with Gasteiger partial charge in [-0.1, -0.05) is 0 Å². The molecule has 0 aliphatic carbocycles. The summed E-state index contributed by atoms with van der Waals surface area (Å²) in [5.41, 5.74) is 0.891. The van der Waals surface area contributed by atoms with E-state index in [0.717, 1.165) is 23.5 Å². The van der Waals surface area contributed by atoms with Gasteiger partial charge in [0.05, 0.1) is 30.9 Å². The number of carbonyl (C=O) groups is 1. The Labute approximate surface area is 110 Å². The average molecular weight is 261 g/mol. The van der Waals surface area contributed by atoms with Crippen LogP contribution in [0.1, 0.15) is 12.2 Å². The zero-order valence-corrected chi connectivity index (χ0v) is 10.4. The molecule has 1 N–H and O–H groups in total. The van der Waals surface area contributed by atoms with Crippen LogP contribution in [0.15, 0.2) is 39.6 Å². The molecule has 19 heavy (non-hydrogen) atoms. The predicted octanol–water partition coefficient (Wildman–Crippen LogP) is 2.19. The first kappa shape index (κ1) is 12.0. The lowest BCUT2D eigenvalue weighted by molar-refractivity contribution is -0.125. The van der Waals surface area contributed by atoms with Crippen LogP contribution in [-0.4, -0.2) is 19.1 Å². The molecule has 2 aromatic heterocycles. The first-order chi connectivity index (χ1) is 9.33. The Morgan fingerprint density at radius 3 is 3.05 bits per heavy atom. The summed E-state index contributed by atoms with van der Waals surface area (Å²) in [6, 6.07) is 5.55. The van der Waals surface area contributed by atoms with Crippen LogP contribution < -0.4 is 5.32 Å². The fourth-order valence-corrected chi connectivity index (χ4v) is 2.09. The second-order valence-corrected chi connectivity index (χ2v) is 4.56. The molecule has 100 valence electrons. The van der Waals surface area contributed by atoms with Crippen molar-refractivity contribution in [1.82, 2.24) is 5.32 Å². The fourth-order valence-electron chi connectivity index (χ4n) is 2.09. The third-order valence-corrected chi connectivity index (χ3v) is 3.20. The van der Waals surface area contributed by atoms with Crippen LogP contribution in [-0.2, 0) is 16.1 Å². The van der Waals surface area contributed by atoms with Crippen molar-refractivity contribution >= 4 is 5.91 Å². The number of furan rings is 2. The molecule has 1 aliphatic rings. The van der Waals surface area contributed by atoms with E-state index in [4.69, 9.17) is 13.6 Å². The van der Waals surface area contributed by atoms with Crippen molar-refractivity contribution in [2.24, 2.45) is 5.92 Å². The van der Waals surface area contributed by atoms with Gasteiger partial charge >= 0.3 is 0 Å². The van der Waals surface area contributed by atoms with Crippen molar-refractivity contribution in [2.45, 2.75) is 13.0 Å². The number of carbonyl (C=O) groups excluding carboxylic acids is 1. The van der Waals surface area contributed by atoms with Gasteiger partial charge in [0.1, 0.15) is 17.8 Å². The van der Waals surface area contributed by atoms with E-state index in [1.165, 1.54) is 0 Å². The maximum atomic E-state index is 11.8. The molecule has 5 heteroatoms. The molecule has 0 bridgehead atoms. The molecule has 1 atom stereocenters. The molecule has 1 saturated heterocycles. The van der Waals surface area contributed by atoms with E-state index in [1.807, 2.05) is 18.2 Å². The zero-order chi connectivity index (χ0) is 13.1. The van der Waals surface area contributed by atoms with Gasteiger partial charge in [-0.15, -0.1) is 0 Å². The van der Waals surface area contributed by atoms with Crippen molar-refractivity contribution < 1.29 is 18.4 Å². The predicted molar refractivity (Wildman–Crippen MR) is 67.2 cm³/mol. The highest BCUT2D eigenvalue weighted by Gasteiger charge is 2.23. The first-order valence-electron chi connectivity index (χ1n) is 6.29. The van der Waals surface area contributed by atoms with E-state index in [9.17, 15) is 4.79 Å². The number of rotatable bonds is 4. The molecule has 5 nitrogen and oxygen atoms in total. The first-order valence-corrected chi connectivity index (χ1v) is 6.29. The van der Waals surface area contributed by atoms with Crippen LogP contribution in [0.4, 0.5) is 0 Å². The van der Waals surface area contributed by atoms with E-state index < -0.39 is 0 Å². The van der Waals surface area contributed by atoms with E-state index in [1.54, 1.807) is 12.5 Å². The second-order valence-electron chi connectivity index (χ2n) is 4.56. The summed E-state index contributed by atoms with van der Waals surface area (Å²) >= 11 is 0. The average Bonchev–Trinajstić information content (AvgIpc) is 3.14. The third kappa shape index (κ3) is 2.71. The molecule has 1 amide bonds. The molecule has 0 spiro atoms. The fraction of sp³-hybridized carbons (Fsp3) is 0.357. The van der Waals surface area contributed by atoms with Gasteiger partial charge in [-0.3, -0.25) is 4.79 Å². The third-order valence-electron chi connectivity index (χ3n) is 3.20. The highest BCUT2D eigenvalue weighted by atomic mass is 16.5. The maximum absolute atomic E-state index is 11.8. The van der Waals surface area contributed by atoms with Gasteiger partial charge in [0.15, 0.2) is 0 Å². The Balaban J connectivity index is 1.57.